The summed E-state index contributed by atoms with van der Waals surface area (Å²) in [5.74, 6) is 0.670. The Balaban J connectivity index is 1.63. The van der Waals surface area contributed by atoms with Gasteiger partial charge in [0, 0.05) is 5.69 Å². The van der Waals surface area contributed by atoms with E-state index in [0.717, 1.165) is 33.7 Å². The first-order valence-corrected chi connectivity index (χ1v) is 10.3. The van der Waals surface area contributed by atoms with Crippen molar-refractivity contribution in [3.63, 3.8) is 0 Å². The van der Waals surface area contributed by atoms with Crippen LogP contribution < -0.4 is 5.32 Å². The molecule has 0 aliphatic carbocycles. The lowest BCUT2D eigenvalue weighted by Gasteiger charge is -2.11. The Hall–Kier alpha value is -2.80. The highest BCUT2D eigenvalue weighted by molar-refractivity contribution is 7.97. The number of nitrogens with one attached hydrogen (secondary N) is 1. The standard InChI is InChI=1S/C21H23N3O3S/c1-14-8-9-15(2)17(10-14)23-20(25)12-27-21(26)11-24-18-7-5-4-6-16(18)22-19(24)13-28-3/h4-10H,11-13H2,1-3H3,(H,23,25). The number of hydrogen-bond donors (Lipinski definition) is 1. The predicted molar refractivity (Wildman–Crippen MR) is 112 cm³/mol. The average Bonchev–Trinajstić information content (AvgIpc) is 3.01. The molecule has 1 heterocycles. The summed E-state index contributed by atoms with van der Waals surface area (Å²) < 4.78 is 7.04. The minimum absolute atomic E-state index is 0.0210. The molecule has 0 aliphatic heterocycles. The zero-order valence-electron chi connectivity index (χ0n) is 16.2. The van der Waals surface area contributed by atoms with E-state index in [1.54, 1.807) is 11.8 Å². The highest BCUT2D eigenvalue weighted by Crippen LogP contribution is 2.19. The highest BCUT2D eigenvalue weighted by Gasteiger charge is 2.15. The first-order valence-electron chi connectivity index (χ1n) is 8.93. The molecule has 0 unspecified atom stereocenters. The van der Waals surface area contributed by atoms with Gasteiger partial charge < -0.3 is 14.6 Å². The normalized spacial score (nSPS) is 10.8. The molecule has 1 amide bonds. The smallest absolute Gasteiger partial charge is 0.326 e. The minimum atomic E-state index is -0.471. The van der Waals surface area contributed by atoms with Gasteiger partial charge in [-0.1, -0.05) is 24.3 Å². The van der Waals surface area contributed by atoms with Crippen molar-refractivity contribution in [2.24, 2.45) is 0 Å². The van der Waals surface area contributed by atoms with Crippen molar-refractivity contribution in [1.29, 1.82) is 0 Å². The maximum absolute atomic E-state index is 12.3. The lowest BCUT2D eigenvalue weighted by molar-refractivity contribution is -0.147. The molecule has 0 fully saturated rings. The molecule has 0 spiro atoms. The van der Waals surface area contributed by atoms with Crippen molar-refractivity contribution in [2.75, 3.05) is 18.2 Å². The van der Waals surface area contributed by atoms with E-state index in [-0.39, 0.29) is 19.1 Å². The third-order valence-electron chi connectivity index (χ3n) is 4.33. The Kier molecular flexibility index (Phi) is 6.36. The van der Waals surface area contributed by atoms with Gasteiger partial charge in [-0.25, -0.2) is 4.98 Å². The number of esters is 1. The number of imidazole rings is 1. The van der Waals surface area contributed by atoms with Crippen molar-refractivity contribution in [2.45, 2.75) is 26.1 Å². The predicted octanol–water partition coefficient (Wildman–Crippen LogP) is 3.70. The Labute approximate surface area is 168 Å². The molecule has 0 saturated heterocycles. The first-order chi connectivity index (χ1) is 13.5. The highest BCUT2D eigenvalue weighted by atomic mass is 32.2. The third-order valence-corrected chi connectivity index (χ3v) is 4.87. The fourth-order valence-corrected chi connectivity index (χ4v) is 3.40. The molecule has 3 rings (SSSR count). The van der Waals surface area contributed by atoms with Crippen molar-refractivity contribution >= 4 is 40.4 Å². The molecule has 2 aromatic carbocycles. The quantitative estimate of drug-likeness (QED) is 0.616. The molecular weight excluding hydrogens is 374 g/mol. The van der Waals surface area contributed by atoms with E-state index in [9.17, 15) is 9.59 Å². The fraction of sp³-hybridized carbons (Fsp3) is 0.286. The molecule has 1 N–H and O–H groups in total. The van der Waals surface area contributed by atoms with Crippen LogP contribution in [0.5, 0.6) is 0 Å². The van der Waals surface area contributed by atoms with Gasteiger partial charge in [0.15, 0.2) is 6.61 Å². The Morgan fingerprint density at radius 2 is 1.96 bits per heavy atom. The summed E-state index contributed by atoms with van der Waals surface area (Å²) in [6.45, 7) is 3.57. The second kappa shape index (κ2) is 8.93. The monoisotopic (exact) mass is 397 g/mol. The number of aryl methyl sites for hydroxylation is 2. The van der Waals surface area contributed by atoms with Crippen molar-refractivity contribution in [3.05, 3.63) is 59.4 Å². The molecule has 146 valence electrons. The summed E-state index contributed by atoms with van der Waals surface area (Å²) in [5.41, 5.74) is 4.45. The molecule has 6 nitrogen and oxygen atoms in total. The summed E-state index contributed by atoms with van der Waals surface area (Å²) >= 11 is 1.63. The van der Waals surface area contributed by atoms with Crippen LogP contribution in [0.25, 0.3) is 11.0 Å². The van der Waals surface area contributed by atoms with Crippen LogP contribution in [0, 0.1) is 13.8 Å². The van der Waals surface area contributed by atoms with E-state index in [0.29, 0.717) is 5.75 Å². The second-order valence-electron chi connectivity index (χ2n) is 6.56. The largest absolute Gasteiger partial charge is 0.454 e. The van der Waals surface area contributed by atoms with Gasteiger partial charge >= 0.3 is 5.97 Å². The Bertz CT molecular complexity index is 1010. The third kappa shape index (κ3) is 4.72. The topological polar surface area (TPSA) is 73.2 Å². The van der Waals surface area contributed by atoms with Gasteiger partial charge in [0.1, 0.15) is 12.4 Å². The number of amides is 1. The average molecular weight is 398 g/mol. The number of aromatic nitrogens is 2. The second-order valence-corrected chi connectivity index (χ2v) is 7.43. The lowest BCUT2D eigenvalue weighted by atomic mass is 10.1. The summed E-state index contributed by atoms with van der Waals surface area (Å²) in [7, 11) is 0. The lowest BCUT2D eigenvalue weighted by Crippen LogP contribution is -2.23. The van der Waals surface area contributed by atoms with Gasteiger partial charge in [0.05, 0.1) is 16.8 Å². The molecule has 3 aromatic rings. The van der Waals surface area contributed by atoms with Crippen LogP contribution in [0.15, 0.2) is 42.5 Å². The number of carbonyl (C=O) groups excluding carboxylic acids is 2. The summed E-state index contributed by atoms with van der Waals surface area (Å²) in [5, 5.41) is 2.79. The SMILES string of the molecule is CSCc1nc2ccccc2n1CC(=O)OCC(=O)Nc1cc(C)ccc1C. The van der Waals surface area contributed by atoms with E-state index in [1.165, 1.54) is 0 Å². The van der Waals surface area contributed by atoms with Gasteiger partial charge in [0.25, 0.3) is 5.91 Å². The molecule has 0 atom stereocenters. The van der Waals surface area contributed by atoms with Gasteiger partial charge in [-0.2, -0.15) is 11.8 Å². The molecule has 0 radical (unpaired) electrons. The number of benzene rings is 2. The number of ether oxygens (including phenoxy) is 1. The van der Waals surface area contributed by atoms with E-state index in [1.807, 2.05) is 67.1 Å². The number of fused-ring (bicyclic) bond motifs is 1. The van der Waals surface area contributed by atoms with Crippen LogP contribution in [-0.4, -0.2) is 34.3 Å². The van der Waals surface area contributed by atoms with E-state index in [4.69, 9.17) is 4.74 Å². The molecule has 0 saturated carbocycles. The molecule has 7 heteroatoms. The number of anilines is 1. The van der Waals surface area contributed by atoms with Crippen molar-refractivity contribution < 1.29 is 14.3 Å². The Morgan fingerprint density at radius 3 is 2.75 bits per heavy atom. The summed E-state index contributed by atoms with van der Waals surface area (Å²) in [6.07, 6.45) is 1.99. The zero-order chi connectivity index (χ0) is 20.1. The molecule has 1 aromatic heterocycles. The van der Waals surface area contributed by atoms with Crippen LogP contribution in [0.2, 0.25) is 0 Å². The van der Waals surface area contributed by atoms with Gasteiger partial charge in [0.2, 0.25) is 0 Å². The summed E-state index contributed by atoms with van der Waals surface area (Å²) in [4.78, 5) is 29.1. The van der Waals surface area contributed by atoms with Crippen LogP contribution in [0.4, 0.5) is 5.69 Å². The van der Waals surface area contributed by atoms with Gasteiger partial charge in [-0.15, -0.1) is 0 Å². The van der Waals surface area contributed by atoms with E-state index in [2.05, 4.69) is 10.3 Å². The maximum atomic E-state index is 12.3. The number of thioether (sulfide) groups is 1. The number of carbonyl (C=O) groups is 2. The number of para-hydroxylation sites is 2. The number of nitrogens with zero attached hydrogens (tertiary/aromatic N) is 2. The fourth-order valence-electron chi connectivity index (χ4n) is 2.92. The van der Waals surface area contributed by atoms with Crippen LogP contribution >= 0.6 is 11.8 Å². The van der Waals surface area contributed by atoms with Gasteiger partial charge in [-0.3, -0.25) is 9.59 Å². The van der Waals surface area contributed by atoms with Crippen molar-refractivity contribution in [1.82, 2.24) is 9.55 Å². The molecule has 0 bridgehead atoms. The summed E-state index contributed by atoms with van der Waals surface area (Å²) in [6, 6.07) is 13.5. The van der Waals surface area contributed by atoms with E-state index < -0.39 is 5.97 Å². The van der Waals surface area contributed by atoms with Crippen LogP contribution in [0.3, 0.4) is 0 Å². The molecule has 28 heavy (non-hydrogen) atoms. The van der Waals surface area contributed by atoms with Gasteiger partial charge in [-0.05, 0) is 49.4 Å². The van der Waals surface area contributed by atoms with E-state index >= 15 is 0 Å². The first kappa shape index (κ1) is 19.9. The van der Waals surface area contributed by atoms with Crippen LogP contribution in [-0.2, 0) is 26.6 Å². The maximum Gasteiger partial charge on any atom is 0.326 e. The zero-order valence-corrected chi connectivity index (χ0v) is 17.0. The molecular formula is C21H23N3O3S. The number of hydrogen-bond acceptors (Lipinski definition) is 5. The number of rotatable bonds is 7. The minimum Gasteiger partial charge on any atom is -0.454 e. The molecule has 0 aliphatic rings. The van der Waals surface area contributed by atoms with Crippen LogP contribution in [0.1, 0.15) is 17.0 Å². The Morgan fingerprint density at radius 1 is 1.18 bits per heavy atom. The van der Waals surface area contributed by atoms with Crippen molar-refractivity contribution in [3.8, 4) is 0 Å².